The summed E-state index contributed by atoms with van der Waals surface area (Å²) in [6.07, 6.45) is 0. The van der Waals surface area contributed by atoms with Crippen molar-refractivity contribution in [1.29, 1.82) is 0 Å². The van der Waals surface area contributed by atoms with Crippen LogP contribution in [0.3, 0.4) is 0 Å². The minimum Gasteiger partial charge on any atom is -0.363 e. The first-order chi connectivity index (χ1) is 6.77. The summed E-state index contributed by atoms with van der Waals surface area (Å²) in [7, 11) is 0. The van der Waals surface area contributed by atoms with E-state index in [9.17, 15) is 0 Å². The topological polar surface area (TPSA) is 15.3 Å². The van der Waals surface area contributed by atoms with E-state index in [1.165, 1.54) is 4.88 Å². The molecule has 0 amide bonds. The molecule has 0 saturated carbocycles. The van der Waals surface area contributed by atoms with Crippen molar-refractivity contribution in [3.63, 3.8) is 0 Å². The number of thiophene rings is 1. The van der Waals surface area contributed by atoms with Gasteiger partial charge >= 0.3 is 0 Å². The van der Waals surface area contributed by atoms with Crippen LogP contribution in [0.5, 0.6) is 0 Å². The van der Waals surface area contributed by atoms with E-state index in [2.05, 4.69) is 41.6 Å². The van der Waals surface area contributed by atoms with Gasteiger partial charge in [0.25, 0.3) is 0 Å². The van der Waals surface area contributed by atoms with Gasteiger partial charge in [-0.15, -0.1) is 11.3 Å². The van der Waals surface area contributed by atoms with Gasteiger partial charge in [0, 0.05) is 18.0 Å². The molecule has 0 aliphatic carbocycles. The van der Waals surface area contributed by atoms with Crippen LogP contribution in [0.15, 0.2) is 17.5 Å². The van der Waals surface area contributed by atoms with Gasteiger partial charge in [-0.1, -0.05) is 6.07 Å². The van der Waals surface area contributed by atoms with E-state index in [0.29, 0.717) is 0 Å². The Morgan fingerprint density at radius 3 is 2.86 bits per heavy atom. The first-order valence-electron chi connectivity index (χ1n) is 4.83. The van der Waals surface area contributed by atoms with Gasteiger partial charge in [-0.25, -0.2) is 0 Å². The number of nitrogens with one attached hydrogen (secondary N) is 1. The van der Waals surface area contributed by atoms with E-state index in [1.807, 2.05) is 0 Å². The Morgan fingerprint density at radius 2 is 2.36 bits per heavy atom. The van der Waals surface area contributed by atoms with E-state index < -0.39 is 0 Å². The maximum absolute atomic E-state index is 5.27. The molecule has 1 aromatic rings. The summed E-state index contributed by atoms with van der Waals surface area (Å²) in [5.74, 6) is 0. The highest BCUT2D eigenvalue weighted by Gasteiger charge is 2.07. The first-order valence-corrected chi connectivity index (χ1v) is 6.11. The van der Waals surface area contributed by atoms with Gasteiger partial charge in [-0.3, -0.25) is 0 Å². The monoisotopic (exact) mass is 228 g/mol. The van der Waals surface area contributed by atoms with Crippen LogP contribution in [0.4, 0.5) is 0 Å². The van der Waals surface area contributed by atoms with Crippen molar-refractivity contribution in [1.82, 2.24) is 10.2 Å². The van der Waals surface area contributed by atoms with Crippen molar-refractivity contribution in [2.75, 3.05) is 13.1 Å². The average Bonchev–Trinajstić information content (AvgIpc) is 2.66. The second-order valence-electron chi connectivity index (χ2n) is 2.93. The second kappa shape index (κ2) is 5.98. The third-order valence-corrected chi connectivity index (χ3v) is 3.19. The average molecular weight is 228 g/mol. The van der Waals surface area contributed by atoms with Gasteiger partial charge in [0.1, 0.15) is 0 Å². The Morgan fingerprint density at radius 1 is 1.57 bits per heavy atom. The number of hydrogen-bond donors (Lipinski definition) is 1. The molecule has 0 bridgehead atoms. The number of nitrogens with zero attached hydrogens (tertiary/aromatic N) is 1. The molecule has 0 aliphatic heterocycles. The maximum Gasteiger partial charge on any atom is 0.169 e. The van der Waals surface area contributed by atoms with E-state index in [0.717, 1.165) is 24.7 Å². The van der Waals surface area contributed by atoms with Crippen molar-refractivity contribution in [2.24, 2.45) is 0 Å². The highest BCUT2D eigenvalue weighted by Crippen LogP contribution is 2.11. The molecule has 4 heteroatoms. The maximum atomic E-state index is 5.27. The summed E-state index contributed by atoms with van der Waals surface area (Å²) >= 11 is 7.04. The molecule has 2 nitrogen and oxygen atoms in total. The molecule has 1 N–H and O–H groups in total. The fourth-order valence-corrected chi connectivity index (χ4v) is 2.24. The van der Waals surface area contributed by atoms with E-state index in [4.69, 9.17) is 12.2 Å². The molecule has 0 fully saturated rings. The Balaban J connectivity index is 2.50. The van der Waals surface area contributed by atoms with Crippen molar-refractivity contribution in [2.45, 2.75) is 20.4 Å². The molecule has 1 aromatic heterocycles. The van der Waals surface area contributed by atoms with Gasteiger partial charge in [0.05, 0.1) is 6.54 Å². The highest BCUT2D eigenvalue weighted by molar-refractivity contribution is 7.80. The number of thiocarbonyl (C=S) groups is 1. The van der Waals surface area contributed by atoms with E-state index in [-0.39, 0.29) is 0 Å². The molecule has 0 saturated heterocycles. The lowest BCUT2D eigenvalue weighted by Gasteiger charge is -2.23. The SMILES string of the molecule is CCNC(=S)N(CC)Cc1cccs1. The first kappa shape index (κ1) is 11.5. The molecule has 1 heterocycles. The van der Waals surface area contributed by atoms with Gasteiger partial charge in [0.2, 0.25) is 0 Å². The zero-order valence-corrected chi connectivity index (χ0v) is 10.3. The molecular weight excluding hydrogens is 212 g/mol. The molecule has 78 valence electrons. The van der Waals surface area contributed by atoms with Crippen LogP contribution in [0.2, 0.25) is 0 Å². The van der Waals surface area contributed by atoms with Crippen molar-refractivity contribution in [3.8, 4) is 0 Å². The quantitative estimate of drug-likeness (QED) is 0.797. The van der Waals surface area contributed by atoms with Crippen LogP contribution in [0.25, 0.3) is 0 Å². The zero-order valence-electron chi connectivity index (χ0n) is 8.62. The largest absolute Gasteiger partial charge is 0.363 e. The molecule has 14 heavy (non-hydrogen) atoms. The lowest BCUT2D eigenvalue weighted by Crippen LogP contribution is -2.38. The predicted octanol–water partition coefficient (Wildman–Crippen LogP) is 2.46. The minimum absolute atomic E-state index is 0.850. The summed E-state index contributed by atoms with van der Waals surface area (Å²) in [6.45, 7) is 6.94. The van der Waals surface area contributed by atoms with Gasteiger partial charge < -0.3 is 10.2 Å². The lowest BCUT2D eigenvalue weighted by molar-refractivity contribution is 0.432. The van der Waals surface area contributed by atoms with E-state index in [1.54, 1.807) is 11.3 Å². The van der Waals surface area contributed by atoms with Crippen LogP contribution in [0, 0.1) is 0 Å². The molecule has 0 aromatic carbocycles. The Labute approximate surface area is 94.9 Å². The Kier molecular flexibility index (Phi) is 4.90. The summed E-state index contributed by atoms with van der Waals surface area (Å²) in [5.41, 5.74) is 0. The van der Waals surface area contributed by atoms with Crippen LogP contribution in [0.1, 0.15) is 18.7 Å². The second-order valence-corrected chi connectivity index (χ2v) is 4.35. The van der Waals surface area contributed by atoms with Gasteiger partial charge in [0.15, 0.2) is 5.11 Å². The lowest BCUT2D eigenvalue weighted by atomic mass is 10.4. The third kappa shape index (κ3) is 3.27. The number of hydrogen-bond acceptors (Lipinski definition) is 2. The highest BCUT2D eigenvalue weighted by atomic mass is 32.1. The molecule has 0 unspecified atom stereocenters. The van der Waals surface area contributed by atoms with Crippen molar-refractivity contribution < 1.29 is 0 Å². The number of rotatable bonds is 4. The summed E-state index contributed by atoms with van der Waals surface area (Å²) in [4.78, 5) is 3.53. The Hall–Kier alpha value is -0.610. The van der Waals surface area contributed by atoms with Gasteiger partial charge in [-0.2, -0.15) is 0 Å². The molecule has 0 atom stereocenters. The Bertz CT molecular complexity index is 270. The minimum atomic E-state index is 0.850. The zero-order chi connectivity index (χ0) is 10.4. The fourth-order valence-electron chi connectivity index (χ4n) is 1.18. The standard InChI is InChI=1S/C10H16N2S2/c1-3-11-10(13)12(4-2)8-9-6-5-7-14-9/h5-7H,3-4,8H2,1-2H3,(H,11,13). The van der Waals surface area contributed by atoms with Crippen LogP contribution < -0.4 is 5.32 Å². The summed E-state index contributed by atoms with van der Waals surface area (Å²) < 4.78 is 0. The molecule has 0 radical (unpaired) electrons. The van der Waals surface area contributed by atoms with E-state index >= 15 is 0 Å². The molecule has 0 aliphatic rings. The summed E-state index contributed by atoms with van der Waals surface area (Å²) in [5, 5.41) is 6.12. The molecular formula is C10H16N2S2. The van der Waals surface area contributed by atoms with Crippen molar-refractivity contribution >= 4 is 28.7 Å². The molecule has 0 spiro atoms. The third-order valence-electron chi connectivity index (χ3n) is 1.92. The van der Waals surface area contributed by atoms with Crippen LogP contribution >= 0.6 is 23.6 Å². The van der Waals surface area contributed by atoms with Crippen molar-refractivity contribution in [3.05, 3.63) is 22.4 Å². The van der Waals surface area contributed by atoms with Gasteiger partial charge in [-0.05, 0) is 37.5 Å². The normalized spacial score (nSPS) is 9.86. The molecule has 1 rings (SSSR count). The summed E-state index contributed by atoms with van der Waals surface area (Å²) in [6, 6.07) is 4.21. The fraction of sp³-hybridized carbons (Fsp3) is 0.500. The van der Waals surface area contributed by atoms with Crippen LogP contribution in [-0.2, 0) is 6.54 Å². The smallest absolute Gasteiger partial charge is 0.169 e. The predicted molar refractivity (Wildman–Crippen MR) is 66.7 cm³/mol. The van der Waals surface area contributed by atoms with Crippen LogP contribution in [-0.4, -0.2) is 23.1 Å².